The zero-order valence-electron chi connectivity index (χ0n) is 11.3. The Hall–Kier alpha value is -1.42. The second kappa shape index (κ2) is 5.06. The van der Waals surface area contributed by atoms with E-state index in [9.17, 15) is 0 Å². The highest BCUT2D eigenvalue weighted by Crippen LogP contribution is 2.49. The van der Waals surface area contributed by atoms with Gasteiger partial charge in [0.1, 0.15) is 0 Å². The van der Waals surface area contributed by atoms with Crippen LogP contribution in [0.2, 0.25) is 0 Å². The van der Waals surface area contributed by atoms with Crippen LogP contribution in [-0.2, 0) is 5.54 Å². The summed E-state index contributed by atoms with van der Waals surface area (Å²) in [5, 5.41) is 0. The molecule has 0 saturated heterocycles. The van der Waals surface area contributed by atoms with Crippen LogP contribution in [0.3, 0.4) is 0 Å². The summed E-state index contributed by atoms with van der Waals surface area (Å²) in [5.41, 5.74) is 7.14. The first-order chi connectivity index (χ1) is 8.66. The summed E-state index contributed by atoms with van der Waals surface area (Å²) in [5.74, 6) is 2.03. The Morgan fingerprint density at radius 1 is 1.17 bits per heavy atom. The van der Waals surface area contributed by atoms with Crippen LogP contribution >= 0.6 is 0 Å². The minimum absolute atomic E-state index is 0.274. The van der Waals surface area contributed by atoms with Crippen molar-refractivity contribution in [3.05, 3.63) is 17.7 Å². The van der Waals surface area contributed by atoms with Gasteiger partial charge in [-0.3, -0.25) is 0 Å². The van der Waals surface area contributed by atoms with E-state index < -0.39 is 0 Å². The largest absolute Gasteiger partial charge is 0.493 e. The summed E-state index contributed by atoms with van der Waals surface area (Å²) in [6.07, 6.45) is 3.14. The van der Waals surface area contributed by atoms with Crippen molar-refractivity contribution in [1.29, 1.82) is 0 Å². The number of benzene rings is 1. The first-order valence-corrected chi connectivity index (χ1v) is 6.33. The van der Waals surface area contributed by atoms with E-state index >= 15 is 0 Å². The zero-order valence-corrected chi connectivity index (χ0v) is 11.3. The number of methoxy groups -OCH3 is 2. The molecule has 1 fully saturated rings. The molecule has 0 unspecified atom stereocenters. The van der Waals surface area contributed by atoms with Gasteiger partial charge in [0, 0.05) is 11.1 Å². The molecule has 100 valence electrons. The Morgan fingerprint density at radius 3 is 2.33 bits per heavy atom. The van der Waals surface area contributed by atoms with Crippen molar-refractivity contribution in [3.63, 3.8) is 0 Å². The lowest BCUT2D eigenvalue weighted by molar-refractivity contribution is 0.230. The van der Waals surface area contributed by atoms with Gasteiger partial charge in [-0.15, -0.1) is 0 Å². The third kappa shape index (κ3) is 2.01. The Labute approximate surface area is 108 Å². The maximum absolute atomic E-state index is 6.39. The second-order valence-corrected chi connectivity index (χ2v) is 4.62. The van der Waals surface area contributed by atoms with Gasteiger partial charge in [-0.25, -0.2) is 0 Å². The topological polar surface area (TPSA) is 53.7 Å². The van der Waals surface area contributed by atoms with E-state index in [4.69, 9.17) is 19.9 Å². The van der Waals surface area contributed by atoms with E-state index in [0.29, 0.717) is 18.1 Å². The fourth-order valence-electron chi connectivity index (χ4n) is 2.41. The van der Waals surface area contributed by atoms with Crippen LogP contribution < -0.4 is 19.9 Å². The Bertz CT molecular complexity index is 427. The number of rotatable bonds is 5. The summed E-state index contributed by atoms with van der Waals surface area (Å²) < 4.78 is 16.5. The van der Waals surface area contributed by atoms with Crippen molar-refractivity contribution in [3.8, 4) is 17.2 Å². The van der Waals surface area contributed by atoms with Crippen LogP contribution in [0.25, 0.3) is 0 Å². The van der Waals surface area contributed by atoms with Crippen LogP contribution in [0.15, 0.2) is 12.1 Å². The van der Waals surface area contributed by atoms with Crippen molar-refractivity contribution in [2.75, 3.05) is 20.8 Å². The number of ether oxygens (including phenoxy) is 3. The molecule has 1 aliphatic rings. The lowest BCUT2D eigenvalue weighted by Gasteiger charge is -2.39. The number of hydrogen-bond acceptors (Lipinski definition) is 4. The molecule has 0 heterocycles. The van der Waals surface area contributed by atoms with E-state index in [-0.39, 0.29) is 5.54 Å². The normalized spacial score (nSPS) is 16.9. The molecule has 4 nitrogen and oxygen atoms in total. The van der Waals surface area contributed by atoms with Gasteiger partial charge in [0.05, 0.1) is 20.8 Å². The molecule has 2 N–H and O–H groups in total. The molecule has 18 heavy (non-hydrogen) atoms. The Kier molecular flexibility index (Phi) is 3.66. The molecule has 0 bridgehead atoms. The molecule has 1 aromatic carbocycles. The third-order valence-electron chi connectivity index (χ3n) is 3.57. The van der Waals surface area contributed by atoms with E-state index in [0.717, 1.165) is 30.6 Å². The van der Waals surface area contributed by atoms with E-state index in [1.165, 1.54) is 0 Å². The monoisotopic (exact) mass is 251 g/mol. The first kappa shape index (κ1) is 13.0. The lowest BCUT2D eigenvalue weighted by atomic mass is 9.72. The van der Waals surface area contributed by atoms with Gasteiger partial charge >= 0.3 is 0 Å². The predicted molar refractivity (Wildman–Crippen MR) is 70.4 cm³/mol. The van der Waals surface area contributed by atoms with E-state index in [1.54, 1.807) is 14.2 Å². The van der Waals surface area contributed by atoms with Crippen LogP contribution in [0.4, 0.5) is 0 Å². The summed E-state index contributed by atoms with van der Waals surface area (Å²) in [4.78, 5) is 0. The third-order valence-corrected chi connectivity index (χ3v) is 3.57. The van der Waals surface area contributed by atoms with Gasteiger partial charge in [-0.05, 0) is 38.3 Å². The minimum Gasteiger partial charge on any atom is -0.493 e. The second-order valence-electron chi connectivity index (χ2n) is 4.62. The smallest absolute Gasteiger partial charge is 0.203 e. The molecule has 4 heteroatoms. The van der Waals surface area contributed by atoms with E-state index in [1.807, 2.05) is 19.1 Å². The first-order valence-electron chi connectivity index (χ1n) is 6.33. The molecule has 2 rings (SSSR count). The van der Waals surface area contributed by atoms with Crippen molar-refractivity contribution < 1.29 is 14.2 Å². The van der Waals surface area contributed by atoms with Crippen molar-refractivity contribution in [1.82, 2.24) is 0 Å². The molecule has 0 amide bonds. The lowest BCUT2D eigenvalue weighted by Crippen LogP contribution is -2.43. The standard InChI is InChI=1S/C14H21NO3/c1-4-18-12-10(14(15)8-5-9-14)6-7-11(16-2)13(12)17-3/h6-7H,4-5,8-9,15H2,1-3H3. The Morgan fingerprint density at radius 2 is 1.89 bits per heavy atom. The molecular formula is C14H21NO3. The van der Waals surface area contributed by atoms with Crippen molar-refractivity contribution >= 4 is 0 Å². The number of nitrogens with two attached hydrogens (primary N) is 1. The van der Waals surface area contributed by atoms with Crippen LogP contribution in [0, 0.1) is 0 Å². The molecule has 0 radical (unpaired) electrons. The molecule has 0 atom stereocenters. The van der Waals surface area contributed by atoms with E-state index in [2.05, 4.69) is 0 Å². The molecule has 1 aromatic rings. The Balaban J connectivity index is 2.51. The van der Waals surface area contributed by atoms with Crippen LogP contribution in [-0.4, -0.2) is 20.8 Å². The summed E-state index contributed by atoms with van der Waals surface area (Å²) in [6, 6.07) is 3.88. The highest BCUT2D eigenvalue weighted by molar-refractivity contribution is 5.58. The van der Waals surface area contributed by atoms with Gasteiger partial charge in [-0.2, -0.15) is 0 Å². The zero-order chi connectivity index (χ0) is 13.2. The highest BCUT2D eigenvalue weighted by Gasteiger charge is 2.38. The average molecular weight is 251 g/mol. The van der Waals surface area contributed by atoms with Gasteiger partial charge in [0.2, 0.25) is 5.75 Å². The maximum atomic E-state index is 6.39. The summed E-state index contributed by atoms with van der Waals surface area (Å²) in [6.45, 7) is 2.53. The maximum Gasteiger partial charge on any atom is 0.203 e. The van der Waals surface area contributed by atoms with Crippen molar-refractivity contribution in [2.45, 2.75) is 31.7 Å². The molecular weight excluding hydrogens is 230 g/mol. The molecule has 0 aromatic heterocycles. The van der Waals surface area contributed by atoms with Gasteiger partial charge < -0.3 is 19.9 Å². The van der Waals surface area contributed by atoms with Crippen molar-refractivity contribution in [2.24, 2.45) is 5.73 Å². The summed E-state index contributed by atoms with van der Waals surface area (Å²) in [7, 11) is 3.24. The quantitative estimate of drug-likeness (QED) is 0.873. The van der Waals surface area contributed by atoms with Crippen LogP contribution in [0.1, 0.15) is 31.7 Å². The predicted octanol–water partition coefficient (Wildman–Crippen LogP) is 2.44. The van der Waals surface area contributed by atoms with Crippen LogP contribution in [0.5, 0.6) is 17.2 Å². The molecule has 0 aliphatic heterocycles. The van der Waals surface area contributed by atoms with Gasteiger partial charge in [-0.1, -0.05) is 0 Å². The fraction of sp³-hybridized carbons (Fsp3) is 0.571. The number of hydrogen-bond donors (Lipinski definition) is 1. The minimum atomic E-state index is -0.274. The highest BCUT2D eigenvalue weighted by atomic mass is 16.5. The van der Waals surface area contributed by atoms with Gasteiger partial charge in [0.15, 0.2) is 11.5 Å². The SMILES string of the molecule is CCOc1c(C2(N)CCC2)ccc(OC)c1OC. The average Bonchev–Trinajstić information content (AvgIpc) is 2.35. The molecule has 0 spiro atoms. The van der Waals surface area contributed by atoms with Gasteiger partial charge in [0.25, 0.3) is 0 Å². The summed E-state index contributed by atoms with van der Waals surface area (Å²) >= 11 is 0. The fourth-order valence-corrected chi connectivity index (χ4v) is 2.41. The molecule has 1 aliphatic carbocycles. The molecule has 1 saturated carbocycles.